The molecule has 0 saturated carbocycles. The van der Waals surface area contributed by atoms with Gasteiger partial charge in [-0.1, -0.05) is 27.2 Å². The van der Waals surface area contributed by atoms with Gasteiger partial charge in [-0.3, -0.25) is 4.79 Å². The number of amides is 1. The van der Waals surface area contributed by atoms with Crippen LogP contribution in [0, 0.1) is 29.2 Å². The molecule has 1 amide bonds. The summed E-state index contributed by atoms with van der Waals surface area (Å²) in [4.78, 5) is 11.9. The first kappa shape index (κ1) is 17.5. The molecule has 21 heavy (non-hydrogen) atoms. The van der Waals surface area contributed by atoms with Gasteiger partial charge < -0.3 is 5.32 Å². The highest BCUT2D eigenvalue weighted by atomic mass is 19.2. The Morgan fingerprint density at radius 2 is 1.48 bits per heavy atom. The zero-order valence-electron chi connectivity index (χ0n) is 12.5. The van der Waals surface area contributed by atoms with E-state index in [0.29, 0.717) is 6.42 Å². The molecule has 0 spiro atoms. The van der Waals surface area contributed by atoms with Gasteiger partial charge in [0.1, 0.15) is 5.56 Å². The molecule has 0 radical (unpaired) electrons. The predicted octanol–water partition coefficient (Wildman–Crippen LogP) is 3.97. The SMILES string of the molecule is CCCc1c(F)c(F)c(C(=O)NC(C)C(C)C)c(F)c1F. The minimum absolute atomic E-state index is 0.00845. The van der Waals surface area contributed by atoms with Crippen LogP contribution in [0.1, 0.15) is 50.0 Å². The standard InChI is InChI=1S/C15H19F4NO/c1-5-6-9-11(16)13(18)10(14(19)12(9)17)15(21)20-8(4)7(2)3/h7-8H,5-6H2,1-4H3,(H,20,21). The van der Waals surface area contributed by atoms with E-state index in [1.54, 1.807) is 27.7 Å². The molecule has 0 saturated heterocycles. The van der Waals surface area contributed by atoms with Gasteiger partial charge in [0.2, 0.25) is 0 Å². The lowest BCUT2D eigenvalue weighted by atomic mass is 10.0. The van der Waals surface area contributed by atoms with Gasteiger partial charge in [-0.2, -0.15) is 0 Å². The van der Waals surface area contributed by atoms with Crippen LogP contribution in [-0.2, 0) is 6.42 Å². The van der Waals surface area contributed by atoms with Crippen molar-refractivity contribution in [3.05, 3.63) is 34.4 Å². The van der Waals surface area contributed by atoms with Gasteiger partial charge in [0.05, 0.1) is 0 Å². The summed E-state index contributed by atoms with van der Waals surface area (Å²) in [5.74, 6) is -7.45. The molecule has 1 unspecified atom stereocenters. The second kappa shape index (κ2) is 6.91. The van der Waals surface area contributed by atoms with Crippen LogP contribution in [0.2, 0.25) is 0 Å². The largest absolute Gasteiger partial charge is 0.349 e. The van der Waals surface area contributed by atoms with E-state index in [4.69, 9.17) is 0 Å². The fourth-order valence-electron chi connectivity index (χ4n) is 1.79. The van der Waals surface area contributed by atoms with E-state index in [1.807, 2.05) is 0 Å². The van der Waals surface area contributed by atoms with E-state index in [0.717, 1.165) is 0 Å². The number of carbonyl (C=O) groups is 1. The molecule has 0 aliphatic rings. The van der Waals surface area contributed by atoms with Crippen molar-refractivity contribution < 1.29 is 22.4 Å². The number of halogens is 4. The highest BCUT2D eigenvalue weighted by molar-refractivity contribution is 5.95. The monoisotopic (exact) mass is 305 g/mol. The molecular formula is C15H19F4NO. The molecule has 118 valence electrons. The average Bonchev–Trinajstić information content (AvgIpc) is 2.41. The maximum atomic E-state index is 13.9. The second-order valence-electron chi connectivity index (χ2n) is 5.37. The first-order valence-electron chi connectivity index (χ1n) is 6.87. The maximum absolute atomic E-state index is 13.9. The Bertz CT molecular complexity index is 514. The van der Waals surface area contributed by atoms with Crippen LogP contribution in [0.5, 0.6) is 0 Å². The lowest BCUT2D eigenvalue weighted by molar-refractivity contribution is 0.0919. The highest BCUT2D eigenvalue weighted by Gasteiger charge is 2.29. The van der Waals surface area contributed by atoms with Crippen molar-refractivity contribution in [3.8, 4) is 0 Å². The van der Waals surface area contributed by atoms with Crippen LogP contribution in [0.4, 0.5) is 17.6 Å². The van der Waals surface area contributed by atoms with E-state index in [-0.39, 0.29) is 12.3 Å². The second-order valence-corrected chi connectivity index (χ2v) is 5.37. The van der Waals surface area contributed by atoms with Crippen LogP contribution in [-0.4, -0.2) is 11.9 Å². The zero-order valence-corrected chi connectivity index (χ0v) is 12.5. The fraction of sp³-hybridized carbons (Fsp3) is 0.533. The summed E-state index contributed by atoms with van der Waals surface area (Å²) in [6, 6.07) is -0.391. The maximum Gasteiger partial charge on any atom is 0.257 e. The Balaban J connectivity index is 3.29. The summed E-state index contributed by atoms with van der Waals surface area (Å²) in [6.07, 6.45) is 0.179. The molecule has 0 bridgehead atoms. The summed E-state index contributed by atoms with van der Waals surface area (Å²) < 4.78 is 55.3. The topological polar surface area (TPSA) is 29.1 Å². The molecule has 6 heteroatoms. The third-order valence-electron chi connectivity index (χ3n) is 3.44. The Hall–Kier alpha value is -1.59. The molecule has 1 rings (SSSR count). The molecular weight excluding hydrogens is 286 g/mol. The van der Waals surface area contributed by atoms with Gasteiger partial charge >= 0.3 is 0 Å². The number of rotatable bonds is 5. The molecule has 0 fully saturated rings. The van der Waals surface area contributed by atoms with Crippen molar-refractivity contribution in [1.29, 1.82) is 0 Å². The van der Waals surface area contributed by atoms with Crippen LogP contribution in [0.3, 0.4) is 0 Å². The highest BCUT2D eigenvalue weighted by Crippen LogP contribution is 2.25. The molecule has 1 atom stereocenters. The van der Waals surface area contributed by atoms with Gasteiger partial charge in [0, 0.05) is 11.6 Å². The third-order valence-corrected chi connectivity index (χ3v) is 3.44. The van der Waals surface area contributed by atoms with E-state index < -0.39 is 46.3 Å². The first-order valence-corrected chi connectivity index (χ1v) is 6.87. The minimum atomic E-state index is -1.65. The van der Waals surface area contributed by atoms with E-state index >= 15 is 0 Å². The molecule has 0 heterocycles. The molecule has 1 aromatic rings. The van der Waals surface area contributed by atoms with Gasteiger partial charge in [-0.05, 0) is 19.3 Å². The van der Waals surface area contributed by atoms with Crippen molar-refractivity contribution in [2.75, 3.05) is 0 Å². The number of benzene rings is 1. The van der Waals surface area contributed by atoms with E-state index in [9.17, 15) is 22.4 Å². The van der Waals surface area contributed by atoms with Crippen molar-refractivity contribution in [2.45, 2.75) is 46.6 Å². The van der Waals surface area contributed by atoms with Gasteiger partial charge in [0.25, 0.3) is 5.91 Å². The zero-order chi connectivity index (χ0) is 16.3. The van der Waals surface area contributed by atoms with Gasteiger partial charge in [0.15, 0.2) is 23.3 Å². The van der Waals surface area contributed by atoms with Crippen molar-refractivity contribution in [2.24, 2.45) is 5.92 Å². The number of hydrogen-bond donors (Lipinski definition) is 1. The Morgan fingerprint density at radius 1 is 1.00 bits per heavy atom. The van der Waals surface area contributed by atoms with Gasteiger partial charge in [-0.25, -0.2) is 17.6 Å². The minimum Gasteiger partial charge on any atom is -0.349 e. The predicted molar refractivity (Wildman–Crippen MR) is 72.0 cm³/mol. The van der Waals surface area contributed by atoms with E-state index in [2.05, 4.69) is 5.32 Å². The lowest BCUT2D eigenvalue weighted by Gasteiger charge is -2.18. The van der Waals surface area contributed by atoms with Crippen LogP contribution < -0.4 is 5.32 Å². The number of carbonyl (C=O) groups excluding carboxylic acids is 1. The lowest BCUT2D eigenvalue weighted by Crippen LogP contribution is -2.37. The Kier molecular flexibility index (Phi) is 5.75. The normalized spacial score (nSPS) is 12.6. The average molecular weight is 305 g/mol. The quantitative estimate of drug-likeness (QED) is 0.647. The molecule has 1 N–H and O–H groups in total. The molecule has 0 aliphatic carbocycles. The van der Waals surface area contributed by atoms with Crippen molar-refractivity contribution in [3.63, 3.8) is 0 Å². The summed E-state index contributed by atoms with van der Waals surface area (Å²) in [7, 11) is 0. The number of nitrogens with one attached hydrogen (secondary N) is 1. The Morgan fingerprint density at radius 3 is 1.86 bits per heavy atom. The smallest absolute Gasteiger partial charge is 0.257 e. The summed E-state index contributed by atoms with van der Waals surface area (Å²) in [5.41, 5.74) is -1.88. The van der Waals surface area contributed by atoms with Crippen molar-refractivity contribution in [1.82, 2.24) is 5.32 Å². The molecule has 1 aromatic carbocycles. The summed E-state index contributed by atoms with van der Waals surface area (Å²) in [5, 5.41) is 2.33. The third kappa shape index (κ3) is 3.54. The summed E-state index contributed by atoms with van der Waals surface area (Å²) >= 11 is 0. The van der Waals surface area contributed by atoms with Gasteiger partial charge in [-0.15, -0.1) is 0 Å². The van der Waals surface area contributed by atoms with Crippen molar-refractivity contribution >= 4 is 5.91 Å². The molecule has 2 nitrogen and oxygen atoms in total. The fourth-order valence-corrected chi connectivity index (χ4v) is 1.79. The van der Waals surface area contributed by atoms with Crippen LogP contribution in [0.25, 0.3) is 0 Å². The van der Waals surface area contributed by atoms with E-state index in [1.165, 1.54) is 0 Å². The Labute approximate surface area is 121 Å². The first-order chi connectivity index (χ1) is 9.72. The van der Waals surface area contributed by atoms with Crippen LogP contribution >= 0.6 is 0 Å². The molecule has 0 aromatic heterocycles. The van der Waals surface area contributed by atoms with Crippen LogP contribution in [0.15, 0.2) is 0 Å². The number of hydrogen-bond acceptors (Lipinski definition) is 1. The molecule has 0 aliphatic heterocycles. The summed E-state index contributed by atoms with van der Waals surface area (Å²) in [6.45, 7) is 6.85.